The van der Waals surface area contributed by atoms with Crippen LogP contribution in [0.1, 0.15) is 5.56 Å². The monoisotopic (exact) mass is 310 g/mol. The molecule has 1 aliphatic rings. The van der Waals surface area contributed by atoms with Crippen molar-refractivity contribution in [2.75, 3.05) is 6.67 Å². The zero-order valence-electron chi connectivity index (χ0n) is 13.3. The zero-order chi connectivity index (χ0) is 16.2. The predicted molar refractivity (Wildman–Crippen MR) is 102 cm³/mol. The van der Waals surface area contributed by atoms with Gasteiger partial charge in [0, 0.05) is 18.0 Å². The summed E-state index contributed by atoms with van der Waals surface area (Å²) in [5.41, 5.74) is 7.23. The van der Waals surface area contributed by atoms with E-state index in [2.05, 4.69) is 83.1 Å². The van der Waals surface area contributed by atoms with Gasteiger partial charge in [-0.25, -0.2) is 0 Å². The third-order valence-electron chi connectivity index (χ3n) is 4.21. The lowest BCUT2D eigenvalue weighted by molar-refractivity contribution is 0.882. The van der Waals surface area contributed by atoms with E-state index in [1.54, 1.807) is 0 Å². The van der Waals surface area contributed by atoms with Crippen molar-refractivity contribution in [2.24, 2.45) is 4.99 Å². The summed E-state index contributed by atoms with van der Waals surface area (Å²) < 4.78 is 0. The van der Waals surface area contributed by atoms with Crippen LogP contribution < -0.4 is 5.32 Å². The number of allylic oxidation sites excluding steroid dienone is 1. The molecule has 116 valence electrons. The number of nitrogens with one attached hydrogen (secondary N) is 1. The van der Waals surface area contributed by atoms with E-state index in [1.807, 2.05) is 18.5 Å². The second kappa shape index (κ2) is 6.55. The molecule has 0 radical (unpaired) electrons. The van der Waals surface area contributed by atoms with Crippen LogP contribution in [-0.4, -0.2) is 12.9 Å². The Labute approximate surface area is 142 Å². The molecule has 1 aliphatic heterocycles. The Morgan fingerprint density at radius 3 is 1.58 bits per heavy atom. The molecule has 0 amide bonds. The molecule has 0 fully saturated rings. The summed E-state index contributed by atoms with van der Waals surface area (Å²) in [4.78, 5) is 4.25. The third-order valence-corrected chi connectivity index (χ3v) is 4.21. The first kappa shape index (κ1) is 14.5. The number of benzene rings is 3. The molecule has 0 saturated heterocycles. The third kappa shape index (κ3) is 2.99. The molecule has 2 heteroatoms. The van der Waals surface area contributed by atoms with E-state index in [9.17, 15) is 0 Å². The molecule has 0 unspecified atom stereocenters. The number of aliphatic imine (C=N–C) groups is 1. The van der Waals surface area contributed by atoms with Gasteiger partial charge in [-0.3, -0.25) is 4.99 Å². The van der Waals surface area contributed by atoms with Gasteiger partial charge in [-0.15, -0.1) is 0 Å². The predicted octanol–water partition coefficient (Wildman–Crippen LogP) is 4.99. The molecule has 0 saturated carbocycles. The lowest BCUT2D eigenvalue weighted by Gasteiger charge is -2.09. The summed E-state index contributed by atoms with van der Waals surface area (Å²) in [6.45, 7) is 0.662. The first-order chi connectivity index (χ1) is 11.9. The molecule has 2 nitrogen and oxygen atoms in total. The second-order valence-corrected chi connectivity index (χ2v) is 5.79. The van der Waals surface area contributed by atoms with Gasteiger partial charge in [-0.05, 0) is 27.8 Å². The second-order valence-electron chi connectivity index (χ2n) is 5.79. The number of hydrogen-bond donors (Lipinski definition) is 1. The Morgan fingerprint density at radius 1 is 0.583 bits per heavy atom. The molecule has 0 aliphatic carbocycles. The molecule has 0 atom stereocenters. The minimum Gasteiger partial charge on any atom is -0.372 e. The molecule has 3 aromatic rings. The molecule has 1 heterocycles. The summed E-state index contributed by atoms with van der Waals surface area (Å²) in [6, 6.07) is 27.8. The Balaban J connectivity index is 1.58. The zero-order valence-corrected chi connectivity index (χ0v) is 13.3. The van der Waals surface area contributed by atoms with Crippen LogP contribution in [0.2, 0.25) is 0 Å². The Bertz CT molecular complexity index is 874. The Morgan fingerprint density at radius 2 is 1.08 bits per heavy atom. The van der Waals surface area contributed by atoms with Crippen LogP contribution in [0.3, 0.4) is 0 Å². The maximum Gasteiger partial charge on any atom is 0.107 e. The van der Waals surface area contributed by atoms with Crippen LogP contribution in [0.25, 0.3) is 27.8 Å². The molecule has 4 rings (SSSR count). The Kier molecular flexibility index (Phi) is 3.95. The topological polar surface area (TPSA) is 24.4 Å². The summed E-state index contributed by atoms with van der Waals surface area (Å²) >= 11 is 0. The van der Waals surface area contributed by atoms with Gasteiger partial charge in [0.25, 0.3) is 0 Å². The van der Waals surface area contributed by atoms with Crippen molar-refractivity contribution < 1.29 is 0 Å². The number of hydrogen-bond acceptors (Lipinski definition) is 2. The highest BCUT2D eigenvalue weighted by Gasteiger charge is 2.04. The lowest BCUT2D eigenvalue weighted by atomic mass is 9.98. The van der Waals surface area contributed by atoms with Crippen LogP contribution in [-0.2, 0) is 0 Å². The molecule has 24 heavy (non-hydrogen) atoms. The van der Waals surface area contributed by atoms with E-state index < -0.39 is 0 Å². The van der Waals surface area contributed by atoms with E-state index in [4.69, 9.17) is 0 Å². The number of rotatable bonds is 3. The van der Waals surface area contributed by atoms with E-state index in [0.29, 0.717) is 6.67 Å². The molecule has 0 spiro atoms. The van der Waals surface area contributed by atoms with Gasteiger partial charge in [0.15, 0.2) is 0 Å². The van der Waals surface area contributed by atoms with Gasteiger partial charge in [0.1, 0.15) is 6.67 Å². The molecular weight excluding hydrogens is 292 g/mol. The van der Waals surface area contributed by atoms with Crippen molar-refractivity contribution in [3.8, 4) is 22.3 Å². The molecular formula is C22H18N2. The summed E-state index contributed by atoms with van der Waals surface area (Å²) in [6.07, 6.45) is 3.93. The largest absolute Gasteiger partial charge is 0.372 e. The fraction of sp³-hybridized carbons (Fsp3) is 0.0455. The quantitative estimate of drug-likeness (QED) is 0.724. The van der Waals surface area contributed by atoms with Crippen molar-refractivity contribution in [3.05, 3.63) is 90.6 Å². The van der Waals surface area contributed by atoms with E-state index >= 15 is 0 Å². The minimum atomic E-state index is 0.662. The van der Waals surface area contributed by atoms with Gasteiger partial charge < -0.3 is 5.32 Å². The summed E-state index contributed by atoms with van der Waals surface area (Å²) in [5.74, 6) is 0. The summed E-state index contributed by atoms with van der Waals surface area (Å²) in [5, 5.41) is 3.14. The normalized spacial score (nSPS) is 13.2. The first-order valence-electron chi connectivity index (χ1n) is 8.10. The van der Waals surface area contributed by atoms with Crippen LogP contribution >= 0.6 is 0 Å². The SMILES string of the molecule is C1=NCNC=C1c1ccc(-c2ccc(-c3ccccc3)cc2)cc1. The van der Waals surface area contributed by atoms with Crippen molar-refractivity contribution in [2.45, 2.75) is 0 Å². The van der Waals surface area contributed by atoms with E-state index in [1.165, 1.54) is 27.8 Å². The summed E-state index contributed by atoms with van der Waals surface area (Å²) in [7, 11) is 0. The molecule has 1 N–H and O–H groups in total. The standard InChI is InChI=1S/C22H18N2/c1-2-4-17(5-3-1)18-6-8-19(9-7-18)20-10-12-21(13-11-20)22-14-23-16-24-15-22/h1-15,23H,16H2. The Hall–Kier alpha value is -3.13. The van der Waals surface area contributed by atoms with Crippen LogP contribution in [0.15, 0.2) is 90.1 Å². The van der Waals surface area contributed by atoms with Crippen molar-refractivity contribution in [1.29, 1.82) is 0 Å². The van der Waals surface area contributed by atoms with Crippen LogP contribution in [0, 0.1) is 0 Å². The molecule has 3 aromatic carbocycles. The van der Waals surface area contributed by atoms with Gasteiger partial charge >= 0.3 is 0 Å². The van der Waals surface area contributed by atoms with Gasteiger partial charge in [-0.1, -0.05) is 78.9 Å². The van der Waals surface area contributed by atoms with Crippen molar-refractivity contribution in [1.82, 2.24) is 5.32 Å². The molecule has 0 bridgehead atoms. The van der Waals surface area contributed by atoms with E-state index in [0.717, 1.165) is 5.57 Å². The highest BCUT2D eigenvalue weighted by atomic mass is 15.0. The smallest absolute Gasteiger partial charge is 0.107 e. The van der Waals surface area contributed by atoms with Crippen LogP contribution in [0.5, 0.6) is 0 Å². The van der Waals surface area contributed by atoms with Crippen LogP contribution in [0.4, 0.5) is 0 Å². The average molecular weight is 310 g/mol. The highest BCUT2D eigenvalue weighted by molar-refractivity contribution is 6.10. The lowest BCUT2D eigenvalue weighted by Crippen LogP contribution is -2.10. The highest BCUT2D eigenvalue weighted by Crippen LogP contribution is 2.26. The van der Waals surface area contributed by atoms with Crippen molar-refractivity contribution >= 4 is 11.8 Å². The molecule has 0 aromatic heterocycles. The fourth-order valence-corrected chi connectivity index (χ4v) is 2.89. The average Bonchev–Trinajstić information content (AvgIpc) is 2.70. The first-order valence-corrected chi connectivity index (χ1v) is 8.10. The fourth-order valence-electron chi connectivity index (χ4n) is 2.89. The van der Waals surface area contributed by atoms with Crippen molar-refractivity contribution in [3.63, 3.8) is 0 Å². The van der Waals surface area contributed by atoms with Gasteiger partial charge in [0.05, 0.1) is 0 Å². The number of nitrogens with zero attached hydrogens (tertiary/aromatic N) is 1. The van der Waals surface area contributed by atoms with E-state index in [-0.39, 0.29) is 0 Å². The minimum absolute atomic E-state index is 0.662. The maximum atomic E-state index is 4.25. The van der Waals surface area contributed by atoms with Gasteiger partial charge in [-0.2, -0.15) is 0 Å². The maximum absolute atomic E-state index is 4.25. The van der Waals surface area contributed by atoms with Gasteiger partial charge in [0.2, 0.25) is 0 Å².